The van der Waals surface area contributed by atoms with Crippen LogP contribution in [0, 0.1) is 0 Å². The summed E-state index contributed by atoms with van der Waals surface area (Å²) in [5.41, 5.74) is 1.03. The summed E-state index contributed by atoms with van der Waals surface area (Å²) in [5, 5.41) is 2.45. The number of carbonyl (C=O) groups is 4. The summed E-state index contributed by atoms with van der Waals surface area (Å²) in [6.07, 6.45) is 3.06. The largest absolute Gasteiger partial charge is 0.452 e. The monoisotopic (exact) mass is 373 g/mol. The van der Waals surface area contributed by atoms with Gasteiger partial charge in [-0.1, -0.05) is 12.1 Å². The Morgan fingerprint density at radius 1 is 1.19 bits per heavy atom. The number of imide groups is 1. The lowest BCUT2D eigenvalue weighted by molar-refractivity contribution is -0.137. The van der Waals surface area contributed by atoms with Gasteiger partial charge in [0, 0.05) is 12.6 Å². The number of urea groups is 1. The van der Waals surface area contributed by atoms with Crippen LogP contribution >= 0.6 is 0 Å². The van der Waals surface area contributed by atoms with Crippen LogP contribution in [0.15, 0.2) is 24.3 Å². The number of carbonyl (C=O) groups excluding carboxylic acids is 4. The summed E-state index contributed by atoms with van der Waals surface area (Å²) in [6.45, 7) is 2.59. The Bertz CT molecular complexity index is 730. The Hall–Kier alpha value is -2.90. The van der Waals surface area contributed by atoms with Crippen molar-refractivity contribution in [2.75, 3.05) is 19.7 Å². The van der Waals surface area contributed by atoms with E-state index >= 15 is 0 Å². The number of rotatable bonds is 5. The van der Waals surface area contributed by atoms with Gasteiger partial charge in [-0.2, -0.15) is 0 Å². The van der Waals surface area contributed by atoms with Gasteiger partial charge in [0.2, 0.25) is 5.91 Å². The molecule has 0 saturated carbocycles. The first-order valence-electron chi connectivity index (χ1n) is 9.09. The van der Waals surface area contributed by atoms with Gasteiger partial charge in [0.05, 0.1) is 18.7 Å². The van der Waals surface area contributed by atoms with Crippen LogP contribution in [-0.4, -0.2) is 59.4 Å². The minimum absolute atomic E-state index is 0.00685. The highest BCUT2D eigenvalue weighted by atomic mass is 16.5. The number of nitrogens with zero attached hydrogens (tertiary/aromatic N) is 2. The molecule has 0 radical (unpaired) electrons. The molecule has 0 unspecified atom stereocenters. The molecular formula is C19H23N3O5. The molecular weight excluding hydrogens is 350 g/mol. The maximum Gasteiger partial charge on any atom is 0.338 e. The zero-order valence-electron chi connectivity index (χ0n) is 15.3. The van der Waals surface area contributed by atoms with E-state index in [0.29, 0.717) is 12.1 Å². The zero-order valence-corrected chi connectivity index (χ0v) is 15.3. The summed E-state index contributed by atoms with van der Waals surface area (Å²) in [5.74, 6) is -1.03. The van der Waals surface area contributed by atoms with Crippen molar-refractivity contribution < 1.29 is 23.9 Å². The molecule has 27 heavy (non-hydrogen) atoms. The van der Waals surface area contributed by atoms with Crippen LogP contribution in [0.25, 0.3) is 0 Å². The fourth-order valence-electron chi connectivity index (χ4n) is 3.31. The summed E-state index contributed by atoms with van der Waals surface area (Å²) < 4.78 is 5.14. The topological polar surface area (TPSA) is 96.0 Å². The van der Waals surface area contributed by atoms with Gasteiger partial charge in [0.25, 0.3) is 5.91 Å². The SMILES string of the molecule is C[C@@H]1CCCCN1C(=O)COC(=O)c1ccc(CN2C(=O)CNC2=O)cc1. The molecule has 8 nitrogen and oxygen atoms in total. The highest BCUT2D eigenvalue weighted by molar-refractivity contribution is 6.01. The lowest BCUT2D eigenvalue weighted by atomic mass is 10.0. The van der Waals surface area contributed by atoms with E-state index in [4.69, 9.17) is 4.74 Å². The maximum atomic E-state index is 12.2. The van der Waals surface area contributed by atoms with Crippen LogP contribution in [0.4, 0.5) is 4.79 Å². The van der Waals surface area contributed by atoms with Gasteiger partial charge in [-0.05, 0) is 43.9 Å². The number of hydrogen-bond acceptors (Lipinski definition) is 5. The van der Waals surface area contributed by atoms with E-state index < -0.39 is 12.0 Å². The Morgan fingerprint density at radius 3 is 2.56 bits per heavy atom. The van der Waals surface area contributed by atoms with E-state index in [1.54, 1.807) is 29.2 Å². The summed E-state index contributed by atoms with van der Waals surface area (Å²) in [7, 11) is 0. The van der Waals surface area contributed by atoms with Crippen molar-refractivity contribution in [2.45, 2.75) is 38.8 Å². The lowest BCUT2D eigenvalue weighted by Gasteiger charge is -2.33. The van der Waals surface area contributed by atoms with E-state index in [1.807, 2.05) is 6.92 Å². The second-order valence-electron chi connectivity index (χ2n) is 6.84. The fourth-order valence-corrected chi connectivity index (χ4v) is 3.31. The highest BCUT2D eigenvalue weighted by Gasteiger charge is 2.28. The third-order valence-electron chi connectivity index (χ3n) is 4.92. The molecule has 3 rings (SSSR count). The molecule has 2 heterocycles. The molecule has 0 aliphatic carbocycles. The number of likely N-dealkylation sites (tertiary alicyclic amines) is 1. The molecule has 4 amide bonds. The molecule has 1 aromatic rings. The van der Waals surface area contributed by atoms with Crippen molar-refractivity contribution in [3.05, 3.63) is 35.4 Å². The van der Waals surface area contributed by atoms with Crippen molar-refractivity contribution in [3.8, 4) is 0 Å². The third kappa shape index (κ3) is 4.45. The standard InChI is InChI=1S/C19H23N3O5/c1-13-4-2-3-9-21(13)17(24)12-27-18(25)15-7-5-14(6-8-15)11-22-16(23)10-20-19(22)26/h5-8,13H,2-4,9-12H2,1H3,(H,20,26)/t13-/m1/s1. The Labute approximate surface area is 157 Å². The maximum absolute atomic E-state index is 12.2. The molecule has 1 N–H and O–H groups in total. The van der Waals surface area contributed by atoms with Crippen LogP contribution < -0.4 is 5.32 Å². The Kier molecular flexibility index (Phi) is 5.73. The first-order valence-corrected chi connectivity index (χ1v) is 9.09. The van der Waals surface area contributed by atoms with Gasteiger partial charge in [-0.3, -0.25) is 14.5 Å². The number of hydrogen-bond donors (Lipinski definition) is 1. The highest BCUT2D eigenvalue weighted by Crippen LogP contribution is 2.17. The zero-order chi connectivity index (χ0) is 19.4. The van der Waals surface area contributed by atoms with Gasteiger partial charge >= 0.3 is 12.0 Å². The first-order chi connectivity index (χ1) is 13.0. The van der Waals surface area contributed by atoms with Crippen LogP contribution in [0.5, 0.6) is 0 Å². The van der Waals surface area contributed by atoms with E-state index in [1.165, 1.54) is 0 Å². The minimum atomic E-state index is -0.574. The average Bonchev–Trinajstić information content (AvgIpc) is 2.99. The quantitative estimate of drug-likeness (QED) is 0.620. The Morgan fingerprint density at radius 2 is 1.93 bits per heavy atom. The third-order valence-corrected chi connectivity index (χ3v) is 4.92. The predicted octanol–water partition coefficient (Wildman–Crippen LogP) is 1.30. The summed E-state index contributed by atoms with van der Waals surface area (Å²) in [6, 6.07) is 6.19. The first kappa shape index (κ1) is 18.9. The van der Waals surface area contributed by atoms with Crippen molar-refractivity contribution in [1.82, 2.24) is 15.1 Å². The molecule has 2 fully saturated rings. The molecule has 1 aromatic carbocycles. The number of amides is 4. The minimum Gasteiger partial charge on any atom is -0.452 e. The van der Waals surface area contributed by atoms with Crippen molar-refractivity contribution in [3.63, 3.8) is 0 Å². The van der Waals surface area contributed by atoms with E-state index in [9.17, 15) is 19.2 Å². The number of esters is 1. The molecule has 0 spiro atoms. The molecule has 2 aliphatic heterocycles. The number of piperidine rings is 1. The van der Waals surface area contributed by atoms with Crippen molar-refractivity contribution in [1.29, 1.82) is 0 Å². The smallest absolute Gasteiger partial charge is 0.338 e. The van der Waals surface area contributed by atoms with Gasteiger partial charge in [-0.25, -0.2) is 9.59 Å². The van der Waals surface area contributed by atoms with E-state index in [2.05, 4.69) is 5.32 Å². The number of ether oxygens (including phenoxy) is 1. The summed E-state index contributed by atoms with van der Waals surface area (Å²) >= 11 is 0. The molecule has 2 saturated heterocycles. The van der Waals surface area contributed by atoms with Gasteiger partial charge < -0.3 is 15.0 Å². The normalized spacial score (nSPS) is 19.8. The second-order valence-corrected chi connectivity index (χ2v) is 6.84. The average molecular weight is 373 g/mol. The molecule has 1 atom stereocenters. The molecule has 8 heteroatoms. The van der Waals surface area contributed by atoms with Gasteiger partial charge in [0.1, 0.15) is 0 Å². The van der Waals surface area contributed by atoms with E-state index in [0.717, 1.165) is 29.7 Å². The number of benzene rings is 1. The van der Waals surface area contributed by atoms with Crippen LogP contribution in [-0.2, 0) is 20.9 Å². The van der Waals surface area contributed by atoms with Crippen molar-refractivity contribution in [2.24, 2.45) is 0 Å². The van der Waals surface area contributed by atoms with Gasteiger partial charge in [-0.15, -0.1) is 0 Å². The number of nitrogens with one attached hydrogen (secondary N) is 1. The predicted molar refractivity (Wildman–Crippen MR) is 95.7 cm³/mol. The summed E-state index contributed by atoms with van der Waals surface area (Å²) in [4.78, 5) is 50.4. The Balaban J connectivity index is 1.52. The molecule has 0 aromatic heterocycles. The van der Waals surface area contributed by atoms with Crippen molar-refractivity contribution >= 4 is 23.8 Å². The van der Waals surface area contributed by atoms with Crippen LogP contribution in [0.3, 0.4) is 0 Å². The lowest BCUT2D eigenvalue weighted by Crippen LogP contribution is -2.44. The second kappa shape index (κ2) is 8.20. The van der Waals surface area contributed by atoms with Gasteiger partial charge in [0.15, 0.2) is 6.61 Å². The van der Waals surface area contributed by atoms with Crippen LogP contribution in [0.1, 0.15) is 42.1 Å². The van der Waals surface area contributed by atoms with Crippen LogP contribution in [0.2, 0.25) is 0 Å². The van der Waals surface area contributed by atoms with E-state index in [-0.39, 0.29) is 37.6 Å². The molecule has 2 aliphatic rings. The fraction of sp³-hybridized carbons (Fsp3) is 0.474. The molecule has 144 valence electrons. The molecule has 0 bridgehead atoms.